The summed E-state index contributed by atoms with van der Waals surface area (Å²) in [6, 6.07) is 10.3. The number of carbonyl (C=O) groups is 2. The lowest BCUT2D eigenvalue weighted by Crippen LogP contribution is -2.37. The molecule has 140 valence electrons. The van der Waals surface area contributed by atoms with Gasteiger partial charge in [0.05, 0.1) is 37.8 Å². The number of benzene rings is 1. The molecule has 4 nitrogen and oxygen atoms in total. The van der Waals surface area contributed by atoms with Crippen LogP contribution in [-0.4, -0.2) is 38.1 Å². The lowest BCUT2D eigenvalue weighted by Gasteiger charge is -2.23. The second-order valence-corrected chi connectivity index (χ2v) is 9.54. The average molecular weight is 378 g/mol. The zero-order valence-corrected chi connectivity index (χ0v) is 15.5. The molecular formula is C17H22F3O4P. The van der Waals surface area contributed by atoms with E-state index in [9.17, 15) is 18.0 Å². The van der Waals surface area contributed by atoms with Crippen LogP contribution in [0.25, 0.3) is 0 Å². The predicted octanol–water partition coefficient (Wildman–Crippen LogP) is 2.60. The molecule has 0 aliphatic carbocycles. The molecule has 0 saturated heterocycles. The van der Waals surface area contributed by atoms with Crippen molar-refractivity contribution in [2.75, 3.05) is 19.9 Å². The molecule has 0 saturated carbocycles. The average Bonchev–Trinajstić information content (AvgIpc) is 2.54. The van der Waals surface area contributed by atoms with Crippen molar-refractivity contribution >= 4 is 24.5 Å². The van der Waals surface area contributed by atoms with Gasteiger partial charge in [-0.2, -0.15) is 13.2 Å². The standard InChI is InChI=1S/C15H22O2P.C2HF3O2/c1-6-17-15(16)12(2)13(3)18(4,5)14-10-8-7-9-11-14;3-2(4,5)1(6)7/h7-12H,3,6H2,1-2,4-5H3;(H,6,7)/q+1;/p-1. The molecule has 1 rings (SSSR count). The summed E-state index contributed by atoms with van der Waals surface area (Å²) in [5.74, 6) is -3.42. The van der Waals surface area contributed by atoms with Crippen molar-refractivity contribution in [2.45, 2.75) is 20.0 Å². The zero-order chi connectivity index (χ0) is 19.8. The van der Waals surface area contributed by atoms with Crippen molar-refractivity contribution < 1.29 is 32.6 Å². The number of halogens is 3. The number of rotatable bonds is 5. The van der Waals surface area contributed by atoms with Crippen LogP contribution in [0.2, 0.25) is 0 Å². The van der Waals surface area contributed by atoms with Crippen molar-refractivity contribution in [3.63, 3.8) is 0 Å². The van der Waals surface area contributed by atoms with Crippen molar-refractivity contribution in [2.24, 2.45) is 5.92 Å². The topological polar surface area (TPSA) is 66.4 Å². The molecule has 0 radical (unpaired) electrons. The summed E-state index contributed by atoms with van der Waals surface area (Å²) in [6.45, 7) is 12.7. The summed E-state index contributed by atoms with van der Waals surface area (Å²) < 4.78 is 36.6. The van der Waals surface area contributed by atoms with E-state index in [1.165, 1.54) is 5.30 Å². The highest BCUT2D eigenvalue weighted by Crippen LogP contribution is 2.59. The first-order valence-corrected chi connectivity index (χ1v) is 10.1. The number of carboxylic acids is 1. The molecule has 0 spiro atoms. The molecule has 0 aliphatic heterocycles. The molecule has 0 fully saturated rings. The van der Waals surface area contributed by atoms with Gasteiger partial charge in [0.25, 0.3) is 0 Å². The number of hydrogen-bond donors (Lipinski definition) is 0. The van der Waals surface area contributed by atoms with Crippen LogP contribution in [0.1, 0.15) is 13.8 Å². The molecule has 1 aromatic rings. The van der Waals surface area contributed by atoms with Crippen molar-refractivity contribution in [3.05, 3.63) is 42.2 Å². The molecule has 0 bridgehead atoms. The molecule has 0 aliphatic rings. The number of carbonyl (C=O) groups excluding carboxylic acids is 2. The summed E-state index contributed by atoms with van der Waals surface area (Å²) in [5.41, 5.74) is 0. The lowest BCUT2D eigenvalue weighted by atomic mass is 10.2. The predicted molar refractivity (Wildman–Crippen MR) is 90.8 cm³/mol. The van der Waals surface area contributed by atoms with E-state index in [1.807, 2.05) is 32.0 Å². The van der Waals surface area contributed by atoms with Gasteiger partial charge in [0.2, 0.25) is 0 Å². The van der Waals surface area contributed by atoms with E-state index in [2.05, 4.69) is 32.0 Å². The Morgan fingerprint density at radius 3 is 2.04 bits per heavy atom. The fraction of sp³-hybridized carbons (Fsp3) is 0.412. The Kier molecular flexibility index (Phi) is 8.84. The first-order valence-electron chi connectivity index (χ1n) is 7.39. The number of carboxylic acid groups (broad SMARTS) is 1. The van der Waals surface area contributed by atoms with Crippen molar-refractivity contribution in [3.8, 4) is 0 Å². The highest BCUT2D eigenvalue weighted by Gasteiger charge is 2.38. The number of hydrogen-bond acceptors (Lipinski definition) is 4. The molecule has 0 N–H and O–H groups in total. The van der Waals surface area contributed by atoms with E-state index in [0.717, 1.165) is 5.31 Å². The fourth-order valence-corrected chi connectivity index (χ4v) is 4.18. The highest BCUT2D eigenvalue weighted by atomic mass is 31.2. The molecule has 8 heteroatoms. The van der Waals surface area contributed by atoms with Gasteiger partial charge in [-0.25, -0.2) is 0 Å². The van der Waals surface area contributed by atoms with E-state index in [-0.39, 0.29) is 11.9 Å². The van der Waals surface area contributed by atoms with Gasteiger partial charge in [-0.15, -0.1) is 0 Å². The van der Waals surface area contributed by atoms with Crippen LogP contribution in [0.5, 0.6) is 0 Å². The number of aliphatic carboxylic acids is 1. The monoisotopic (exact) mass is 378 g/mol. The summed E-state index contributed by atoms with van der Waals surface area (Å²) in [5, 5.41) is 11.0. The van der Waals surface area contributed by atoms with Gasteiger partial charge in [0, 0.05) is 0 Å². The summed E-state index contributed by atoms with van der Waals surface area (Å²) in [7, 11) is -1.51. The Morgan fingerprint density at radius 1 is 1.24 bits per heavy atom. The van der Waals surface area contributed by atoms with Crippen LogP contribution < -0.4 is 10.4 Å². The molecule has 1 aromatic carbocycles. The van der Waals surface area contributed by atoms with Gasteiger partial charge in [-0.3, -0.25) is 4.79 Å². The highest BCUT2D eigenvalue weighted by molar-refractivity contribution is 7.85. The third-order valence-corrected chi connectivity index (χ3v) is 6.90. The fourth-order valence-electron chi connectivity index (χ4n) is 1.85. The van der Waals surface area contributed by atoms with Crippen LogP contribution >= 0.6 is 7.26 Å². The van der Waals surface area contributed by atoms with E-state index >= 15 is 0 Å². The van der Waals surface area contributed by atoms with Gasteiger partial charge < -0.3 is 14.6 Å². The Balaban J connectivity index is 0.000000697. The van der Waals surface area contributed by atoms with Gasteiger partial charge in [-0.1, -0.05) is 24.8 Å². The number of esters is 1. The van der Waals surface area contributed by atoms with Crippen LogP contribution in [0.3, 0.4) is 0 Å². The summed E-state index contributed by atoms with van der Waals surface area (Å²) >= 11 is 0. The Labute approximate surface area is 146 Å². The maximum atomic E-state index is 11.8. The van der Waals surface area contributed by atoms with Crippen LogP contribution in [0, 0.1) is 5.92 Å². The summed E-state index contributed by atoms with van der Waals surface area (Å²) in [4.78, 5) is 20.6. The van der Waals surface area contributed by atoms with Gasteiger partial charge in [0.1, 0.15) is 11.9 Å². The van der Waals surface area contributed by atoms with Crippen LogP contribution in [0.15, 0.2) is 42.2 Å². The second kappa shape index (κ2) is 9.56. The molecule has 0 heterocycles. The molecule has 0 aromatic heterocycles. The SMILES string of the molecule is C=C(C(C)C(=O)OCC)[P+](C)(C)c1ccccc1.O=C([O-])C(F)(F)F. The quantitative estimate of drug-likeness (QED) is 0.584. The second-order valence-electron chi connectivity index (χ2n) is 5.54. The third-order valence-electron chi connectivity index (χ3n) is 3.49. The molecule has 25 heavy (non-hydrogen) atoms. The molecule has 0 amide bonds. The Hall–Kier alpha value is -1.88. The van der Waals surface area contributed by atoms with Gasteiger partial charge in [0.15, 0.2) is 0 Å². The third kappa shape index (κ3) is 7.26. The van der Waals surface area contributed by atoms with Crippen molar-refractivity contribution in [1.29, 1.82) is 0 Å². The maximum Gasteiger partial charge on any atom is 0.430 e. The zero-order valence-electron chi connectivity index (χ0n) is 14.6. The maximum absolute atomic E-state index is 11.8. The van der Waals surface area contributed by atoms with E-state index in [4.69, 9.17) is 14.6 Å². The van der Waals surface area contributed by atoms with Crippen LogP contribution in [-0.2, 0) is 14.3 Å². The first-order chi connectivity index (χ1) is 11.4. The van der Waals surface area contributed by atoms with Crippen LogP contribution in [0.4, 0.5) is 13.2 Å². The van der Waals surface area contributed by atoms with E-state index in [1.54, 1.807) is 0 Å². The minimum Gasteiger partial charge on any atom is -0.542 e. The number of alkyl halides is 3. The molecule has 1 atom stereocenters. The first kappa shape index (κ1) is 23.1. The minimum atomic E-state index is -5.19. The minimum absolute atomic E-state index is 0.175. The Bertz CT molecular complexity index is 598. The Morgan fingerprint density at radius 2 is 1.68 bits per heavy atom. The number of ether oxygens (including phenoxy) is 1. The smallest absolute Gasteiger partial charge is 0.430 e. The van der Waals surface area contributed by atoms with Gasteiger partial charge >= 0.3 is 12.1 Å². The van der Waals surface area contributed by atoms with E-state index < -0.39 is 19.4 Å². The largest absolute Gasteiger partial charge is 0.542 e. The molecule has 1 unspecified atom stereocenters. The van der Waals surface area contributed by atoms with E-state index in [0.29, 0.717) is 6.61 Å². The summed E-state index contributed by atoms with van der Waals surface area (Å²) in [6.07, 6.45) is -5.19. The van der Waals surface area contributed by atoms with Crippen molar-refractivity contribution in [1.82, 2.24) is 0 Å². The normalized spacial score (nSPS) is 12.4. The molecular weight excluding hydrogens is 356 g/mol. The van der Waals surface area contributed by atoms with Gasteiger partial charge in [-0.05, 0) is 26.0 Å². The lowest BCUT2D eigenvalue weighted by molar-refractivity contribution is -0.344.